The molecule has 126 valence electrons. The molecule has 0 aromatic heterocycles. The second-order valence-corrected chi connectivity index (χ2v) is 7.00. The van der Waals surface area contributed by atoms with E-state index in [1.807, 2.05) is 0 Å². The Balaban J connectivity index is 1.98. The first-order chi connectivity index (χ1) is 11.5. The average molecular weight is 349 g/mol. The molecule has 0 bridgehead atoms. The fraction of sp³-hybridized carbons (Fsp3) is 0.333. The molecule has 2 aliphatic heterocycles. The number of nitrogens with zero attached hydrogens (tertiary/aromatic N) is 1. The Morgan fingerprint density at radius 1 is 1.25 bits per heavy atom. The van der Waals surface area contributed by atoms with Gasteiger partial charge in [-0.2, -0.15) is 0 Å². The number of carbonyl (C=O) groups excluding carboxylic acids is 4. The predicted molar refractivity (Wildman–Crippen MR) is 83.4 cm³/mol. The Hall–Kier alpha value is -2.23. The van der Waals surface area contributed by atoms with E-state index in [9.17, 15) is 23.7 Å². The number of amides is 4. The van der Waals surface area contributed by atoms with Crippen molar-refractivity contribution in [2.24, 2.45) is 5.73 Å². The standard InChI is InChI=1S/C15H15N3O5S/c16-6-7-24(23)10-3-1-2-8-12(10)15(22)18(14(8)21)9-4-5-11(19)17-13(9)20/h1-3,9H,4-7,16H2,(H,17,19,20). The van der Waals surface area contributed by atoms with Gasteiger partial charge in [-0.15, -0.1) is 0 Å². The number of hydrogen-bond acceptors (Lipinski definition) is 6. The SMILES string of the molecule is NCC[S+]([O-])c1cccc2c1C(=O)N(C1CCC(=O)NC1=O)C2=O. The van der Waals surface area contributed by atoms with Crippen molar-refractivity contribution in [3.8, 4) is 0 Å². The van der Waals surface area contributed by atoms with E-state index in [1.165, 1.54) is 12.1 Å². The molecule has 2 atom stereocenters. The summed E-state index contributed by atoms with van der Waals surface area (Å²) in [7, 11) is 0. The number of piperidine rings is 1. The molecule has 1 aromatic carbocycles. The summed E-state index contributed by atoms with van der Waals surface area (Å²) in [5, 5.41) is 2.13. The van der Waals surface area contributed by atoms with E-state index in [1.54, 1.807) is 6.07 Å². The van der Waals surface area contributed by atoms with E-state index < -0.39 is 40.8 Å². The first-order valence-electron chi connectivity index (χ1n) is 7.38. The van der Waals surface area contributed by atoms with Gasteiger partial charge in [0.1, 0.15) is 17.4 Å². The second kappa shape index (κ2) is 6.34. The average Bonchev–Trinajstić information content (AvgIpc) is 2.80. The van der Waals surface area contributed by atoms with Crippen LogP contribution >= 0.6 is 0 Å². The van der Waals surface area contributed by atoms with E-state index in [0.717, 1.165) is 4.90 Å². The Bertz CT molecular complexity index is 751. The van der Waals surface area contributed by atoms with Crippen molar-refractivity contribution in [2.45, 2.75) is 23.8 Å². The van der Waals surface area contributed by atoms with E-state index in [-0.39, 0.29) is 41.2 Å². The highest BCUT2D eigenvalue weighted by Gasteiger charge is 2.47. The highest BCUT2D eigenvalue weighted by atomic mass is 32.2. The lowest BCUT2D eigenvalue weighted by atomic mass is 10.0. The van der Waals surface area contributed by atoms with E-state index in [2.05, 4.69) is 5.32 Å². The van der Waals surface area contributed by atoms with Crippen LogP contribution in [-0.4, -0.2) is 51.4 Å². The summed E-state index contributed by atoms with van der Waals surface area (Å²) in [6.45, 7) is 0.176. The molecule has 4 amide bonds. The maximum atomic E-state index is 12.7. The van der Waals surface area contributed by atoms with E-state index in [0.29, 0.717) is 0 Å². The minimum Gasteiger partial charge on any atom is -0.611 e. The van der Waals surface area contributed by atoms with Gasteiger partial charge in [-0.1, -0.05) is 6.07 Å². The van der Waals surface area contributed by atoms with E-state index in [4.69, 9.17) is 5.73 Å². The van der Waals surface area contributed by atoms with Crippen LogP contribution in [0.15, 0.2) is 23.1 Å². The van der Waals surface area contributed by atoms with Gasteiger partial charge in [-0.3, -0.25) is 29.4 Å². The summed E-state index contributed by atoms with van der Waals surface area (Å²) in [4.78, 5) is 49.7. The molecular formula is C15H15N3O5S. The molecule has 8 nitrogen and oxygen atoms in total. The van der Waals surface area contributed by atoms with Gasteiger partial charge in [-0.05, 0) is 29.7 Å². The number of fused-ring (bicyclic) bond motifs is 1. The third-order valence-corrected chi connectivity index (χ3v) is 5.42. The van der Waals surface area contributed by atoms with Crippen molar-refractivity contribution in [2.75, 3.05) is 12.3 Å². The third-order valence-electron chi connectivity index (χ3n) is 3.98. The molecule has 24 heavy (non-hydrogen) atoms. The van der Waals surface area contributed by atoms with Gasteiger partial charge in [0.15, 0.2) is 4.90 Å². The topological polar surface area (TPSA) is 133 Å². The number of hydrogen-bond donors (Lipinski definition) is 2. The van der Waals surface area contributed by atoms with Gasteiger partial charge in [0.05, 0.1) is 5.56 Å². The molecule has 3 N–H and O–H groups in total. The highest BCUT2D eigenvalue weighted by molar-refractivity contribution is 7.91. The number of nitrogens with two attached hydrogens (primary N) is 1. The number of nitrogens with one attached hydrogen (secondary N) is 1. The van der Waals surface area contributed by atoms with Crippen molar-refractivity contribution in [1.82, 2.24) is 10.2 Å². The summed E-state index contributed by atoms with van der Waals surface area (Å²) >= 11 is -1.51. The van der Waals surface area contributed by atoms with Crippen LogP contribution in [0.2, 0.25) is 0 Å². The lowest BCUT2D eigenvalue weighted by Gasteiger charge is -2.27. The maximum absolute atomic E-state index is 12.7. The quantitative estimate of drug-likeness (QED) is 0.538. The Labute approximate surface area is 140 Å². The Kier molecular flexibility index (Phi) is 4.39. The van der Waals surface area contributed by atoms with E-state index >= 15 is 0 Å². The van der Waals surface area contributed by atoms with Gasteiger partial charge in [0, 0.05) is 13.0 Å². The van der Waals surface area contributed by atoms with Crippen molar-refractivity contribution < 1.29 is 23.7 Å². The summed E-state index contributed by atoms with van der Waals surface area (Å²) < 4.78 is 12.3. The summed E-state index contributed by atoms with van der Waals surface area (Å²) in [6.07, 6.45) is 0.132. The Morgan fingerprint density at radius 2 is 2.00 bits per heavy atom. The third kappa shape index (κ3) is 2.60. The molecule has 1 fully saturated rings. The molecular weight excluding hydrogens is 334 g/mol. The Morgan fingerprint density at radius 3 is 2.67 bits per heavy atom. The zero-order valence-corrected chi connectivity index (χ0v) is 13.4. The molecule has 0 aliphatic carbocycles. The molecule has 3 rings (SSSR count). The molecule has 1 aromatic rings. The number of carbonyl (C=O) groups is 4. The zero-order valence-electron chi connectivity index (χ0n) is 12.6. The molecule has 2 aliphatic rings. The number of imide groups is 2. The van der Waals surface area contributed by atoms with Crippen LogP contribution < -0.4 is 11.1 Å². The first kappa shape index (κ1) is 16.6. The van der Waals surface area contributed by atoms with Crippen LogP contribution in [0, 0.1) is 0 Å². The van der Waals surface area contributed by atoms with Gasteiger partial charge in [0.25, 0.3) is 11.8 Å². The highest BCUT2D eigenvalue weighted by Crippen LogP contribution is 2.32. The molecule has 2 heterocycles. The molecule has 0 saturated carbocycles. The largest absolute Gasteiger partial charge is 0.611 e. The summed E-state index contributed by atoms with van der Waals surface area (Å²) in [5.41, 5.74) is 5.58. The van der Waals surface area contributed by atoms with Gasteiger partial charge in [0.2, 0.25) is 11.8 Å². The van der Waals surface area contributed by atoms with Crippen molar-refractivity contribution in [3.05, 3.63) is 29.3 Å². The minimum atomic E-state index is -1.51. The van der Waals surface area contributed by atoms with Crippen molar-refractivity contribution in [1.29, 1.82) is 0 Å². The lowest BCUT2D eigenvalue weighted by molar-refractivity contribution is -0.136. The second-order valence-electron chi connectivity index (χ2n) is 5.46. The monoisotopic (exact) mass is 349 g/mol. The fourth-order valence-electron chi connectivity index (χ4n) is 2.89. The van der Waals surface area contributed by atoms with Crippen molar-refractivity contribution >= 4 is 34.8 Å². The van der Waals surface area contributed by atoms with Crippen LogP contribution in [0.4, 0.5) is 0 Å². The van der Waals surface area contributed by atoms with Gasteiger partial charge >= 0.3 is 0 Å². The summed E-state index contributed by atoms with van der Waals surface area (Å²) in [5.74, 6) is -2.22. The smallest absolute Gasteiger partial charge is 0.267 e. The molecule has 9 heteroatoms. The van der Waals surface area contributed by atoms with Crippen LogP contribution in [0.25, 0.3) is 0 Å². The molecule has 1 saturated heterocycles. The molecule has 0 radical (unpaired) electrons. The normalized spacial score (nSPS) is 21.8. The van der Waals surface area contributed by atoms with Crippen LogP contribution in [0.1, 0.15) is 33.6 Å². The fourth-order valence-corrected chi connectivity index (χ4v) is 3.98. The van der Waals surface area contributed by atoms with Crippen LogP contribution in [0.5, 0.6) is 0 Å². The first-order valence-corrected chi connectivity index (χ1v) is 8.70. The molecule has 0 spiro atoms. The number of rotatable bonds is 4. The maximum Gasteiger partial charge on any atom is 0.267 e. The predicted octanol–water partition coefficient (Wildman–Crippen LogP) is -0.846. The minimum absolute atomic E-state index is 0.0514. The van der Waals surface area contributed by atoms with Crippen LogP contribution in [-0.2, 0) is 20.8 Å². The molecule has 2 unspecified atom stereocenters. The number of benzene rings is 1. The summed E-state index contributed by atoms with van der Waals surface area (Å²) in [6, 6.07) is 3.49. The van der Waals surface area contributed by atoms with Gasteiger partial charge in [-0.25, -0.2) is 0 Å². The lowest BCUT2D eigenvalue weighted by Crippen LogP contribution is -2.54. The zero-order chi connectivity index (χ0) is 17.4. The van der Waals surface area contributed by atoms with Crippen molar-refractivity contribution in [3.63, 3.8) is 0 Å². The van der Waals surface area contributed by atoms with Crippen LogP contribution in [0.3, 0.4) is 0 Å². The van der Waals surface area contributed by atoms with Gasteiger partial charge < -0.3 is 10.3 Å².